The molecule has 0 amide bonds. The van der Waals surface area contributed by atoms with Crippen LogP contribution in [-0.2, 0) is 11.3 Å². The van der Waals surface area contributed by atoms with Crippen LogP contribution in [0.15, 0.2) is 57.7 Å². The van der Waals surface area contributed by atoms with Gasteiger partial charge < -0.3 is 14.3 Å². The first-order chi connectivity index (χ1) is 11.0. The predicted molar refractivity (Wildman–Crippen MR) is 79.7 cm³/mol. The Kier molecular flexibility index (Phi) is 3.80. The summed E-state index contributed by atoms with van der Waals surface area (Å²) in [4.78, 5) is 23.5. The van der Waals surface area contributed by atoms with Gasteiger partial charge in [0, 0.05) is 23.1 Å². The lowest BCUT2D eigenvalue weighted by atomic mass is 10.1. The van der Waals surface area contributed by atoms with Crippen LogP contribution in [0.3, 0.4) is 0 Å². The fraction of sp³-hybridized carbons (Fsp3) is 0.0588. The summed E-state index contributed by atoms with van der Waals surface area (Å²) in [5.41, 5.74) is 0.240. The molecule has 23 heavy (non-hydrogen) atoms. The number of halogens is 1. The molecule has 0 saturated heterocycles. The van der Waals surface area contributed by atoms with E-state index in [-0.39, 0.29) is 23.5 Å². The zero-order chi connectivity index (χ0) is 16.4. The van der Waals surface area contributed by atoms with Crippen molar-refractivity contribution < 1.29 is 23.4 Å². The molecule has 0 bridgehead atoms. The quantitative estimate of drug-likeness (QED) is 0.594. The van der Waals surface area contributed by atoms with Crippen LogP contribution in [0, 0.1) is 5.82 Å². The van der Waals surface area contributed by atoms with Crippen LogP contribution in [0.25, 0.3) is 11.0 Å². The Balaban J connectivity index is 1.85. The predicted octanol–water partition coefficient (Wildman–Crippen LogP) is 2.99. The zero-order valence-electron chi connectivity index (χ0n) is 11.8. The molecule has 0 spiro atoms. The van der Waals surface area contributed by atoms with Gasteiger partial charge in [-0.25, -0.2) is 14.0 Å². The van der Waals surface area contributed by atoms with E-state index in [0.717, 1.165) is 12.1 Å². The van der Waals surface area contributed by atoms with E-state index in [4.69, 9.17) is 9.15 Å². The summed E-state index contributed by atoms with van der Waals surface area (Å²) in [6.07, 6.45) is 0. The highest BCUT2D eigenvalue weighted by Crippen LogP contribution is 2.22. The average molecular weight is 314 g/mol. The van der Waals surface area contributed by atoms with E-state index in [2.05, 4.69) is 0 Å². The SMILES string of the molecule is O=C(OCc1cc(=O)oc2cc(O)ccc12)c1ccc(F)cc1. The number of benzene rings is 2. The number of fused-ring (bicyclic) bond motifs is 1. The number of rotatable bonds is 3. The molecule has 0 aliphatic carbocycles. The minimum absolute atomic E-state index is 0.0406. The summed E-state index contributed by atoms with van der Waals surface area (Å²) in [6, 6.07) is 10.5. The maximum atomic E-state index is 12.8. The monoisotopic (exact) mass is 314 g/mol. The minimum Gasteiger partial charge on any atom is -0.508 e. The molecule has 0 aliphatic rings. The third-order valence-corrected chi connectivity index (χ3v) is 3.25. The van der Waals surface area contributed by atoms with E-state index in [1.807, 2.05) is 0 Å². The van der Waals surface area contributed by atoms with Gasteiger partial charge in [-0.1, -0.05) is 0 Å². The fourth-order valence-electron chi connectivity index (χ4n) is 2.15. The van der Waals surface area contributed by atoms with Gasteiger partial charge in [0.05, 0.1) is 5.56 Å². The van der Waals surface area contributed by atoms with Crippen LogP contribution >= 0.6 is 0 Å². The largest absolute Gasteiger partial charge is 0.508 e. The molecule has 6 heteroatoms. The Hall–Kier alpha value is -3.15. The van der Waals surface area contributed by atoms with Crippen LogP contribution in [0.4, 0.5) is 4.39 Å². The van der Waals surface area contributed by atoms with E-state index in [1.54, 1.807) is 6.07 Å². The number of hydrogen-bond acceptors (Lipinski definition) is 5. The normalized spacial score (nSPS) is 10.7. The lowest BCUT2D eigenvalue weighted by molar-refractivity contribution is 0.0473. The van der Waals surface area contributed by atoms with Gasteiger partial charge in [-0.15, -0.1) is 0 Å². The Morgan fingerprint density at radius 3 is 2.61 bits per heavy atom. The number of hydrogen-bond donors (Lipinski definition) is 1. The molecule has 1 heterocycles. The molecule has 2 aromatic carbocycles. The van der Waals surface area contributed by atoms with Crippen molar-refractivity contribution >= 4 is 16.9 Å². The number of carbonyl (C=O) groups is 1. The Labute approximate surface area is 129 Å². The number of aromatic hydroxyl groups is 1. The molecule has 1 N–H and O–H groups in total. The van der Waals surface area contributed by atoms with Gasteiger partial charge in [-0.2, -0.15) is 0 Å². The number of esters is 1. The van der Waals surface area contributed by atoms with Crippen LogP contribution in [0.5, 0.6) is 5.75 Å². The fourth-order valence-corrected chi connectivity index (χ4v) is 2.15. The van der Waals surface area contributed by atoms with E-state index in [0.29, 0.717) is 10.9 Å². The van der Waals surface area contributed by atoms with Crippen molar-refractivity contribution in [3.05, 3.63) is 75.9 Å². The van der Waals surface area contributed by atoms with Gasteiger partial charge in [0.1, 0.15) is 23.8 Å². The maximum absolute atomic E-state index is 12.8. The zero-order valence-corrected chi connectivity index (χ0v) is 11.8. The van der Waals surface area contributed by atoms with Crippen molar-refractivity contribution in [2.75, 3.05) is 0 Å². The smallest absolute Gasteiger partial charge is 0.338 e. The van der Waals surface area contributed by atoms with Crippen molar-refractivity contribution in [1.82, 2.24) is 0 Å². The molecule has 0 atom stereocenters. The van der Waals surface area contributed by atoms with E-state index in [1.165, 1.54) is 30.3 Å². The van der Waals surface area contributed by atoms with Gasteiger partial charge in [-0.05, 0) is 36.4 Å². The lowest BCUT2D eigenvalue weighted by Gasteiger charge is -2.07. The number of carbonyl (C=O) groups excluding carboxylic acids is 1. The third-order valence-electron chi connectivity index (χ3n) is 3.25. The topological polar surface area (TPSA) is 76.7 Å². The van der Waals surface area contributed by atoms with Gasteiger partial charge >= 0.3 is 11.6 Å². The second kappa shape index (κ2) is 5.92. The van der Waals surface area contributed by atoms with Crippen molar-refractivity contribution in [1.29, 1.82) is 0 Å². The lowest BCUT2D eigenvalue weighted by Crippen LogP contribution is -2.08. The first-order valence-corrected chi connectivity index (χ1v) is 6.71. The molecule has 0 unspecified atom stereocenters. The molecule has 3 aromatic rings. The minimum atomic E-state index is -0.634. The summed E-state index contributed by atoms with van der Waals surface area (Å²) >= 11 is 0. The van der Waals surface area contributed by atoms with Gasteiger partial charge in [0.15, 0.2) is 0 Å². The Bertz CT molecular complexity index is 928. The summed E-state index contributed by atoms with van der Waals surface area (Å²) in [7, 11) is 0. The number of phenolic OH excluding ortho intramolecular Hbond substituents is 1. The summed E-state index contributed by atoms with van der Waals surface area (Å²) in [5, 5.41) is 9.97. The van der Waals surface area contributed by atoms with Crippen LogP contribution < -0.4 is 5.63 Å². The Morgan fingerprint density at radius 1 is 1.13 bits per heavy atom. The highest BCUT2D eigenvalue weighted by molar-refractivity contribution is 5.89. The third kappa shape index (κ3) is 3.21. The van der Waals surface area contributed by atoms with Gasteiger partial charge in [0.2, 0.25) is 0 Å². The molecule has 0 aliphatic heterocycles. The van der Waals surface area contributed by atoms with Gasteiger partial charge in [0.25, 0.3) is 0 Å². The summed E-state index contributed by atoms with van der Waals surface area (Å²) < 4.78 is 23.0. The van der Waals surface area contributed by atoms with Crippen molar-refractivity contribution in [2.45, 2.75) is 6.61 Å². The first kappa shape index (κ1) is 14.8. The summed E-state index contributed by atoms with van der Waals surface area (Å²) in [6.45, 7) is -0.150. The number of ether oxygens (including phenoxy) is 1. The molecular weight excluding hydrogens is 303 g/mol. The molecule has 5 nitrogen and oxygen atoms in total. The molecule has 3 rings (SSSR count). The highest BCUT2D eigenvalue weighted by atomic mass is 19.1. The average Bonchev–Trinajstić information content (AvgIpc) is 2.52. The first-order valence-electron chi connectivity index (χ1n) is 6.71. The van der Waals surface area contributed by atoms with Gasteiger partial charge in [-0.3, -0.25) is 0 Å². The molecule has 0 radical (unpaired) electrons. The van der Waals surface area contributed by atoms with E-state index in [9.17, 15) is 19.1 Å². The van der Waals surface area contributed by atoms with Crippen LogP contribution in [-0.4, -0.2) is 11.1 Å². The molecule has 0 fully saturated rings. The molecule has 0 saturated carbocycles. The van der Waals surface area contributed by atoms with E-state index >= 15 is 0 Å². The van der Waals surface area contributed by atoms with Crippen LogP contribution in [0.1, 0.15) is 15.9 Å². The van der Waals surface area contributed by atoms with E-state index < -0.39 is 17.4 Å². The van der Waals surface area contributed by atoms with Crippen molar-refractivity contribution in [3.63, 3.8) is 0 Å². The second-order valence-electron chi connectivity index (χ2n) is 4.85. The number of phenols is 1. The molecule has 116 valence electrons. The van der Waals surface area contributed by atoms with Crippen LogP contribution in [0.2, 0.25) is 0 Å². The molecular formula is C17H11FO5. The second-order valence-corrected chi connectivity index (χ2v) is 4.85. The molecule has 1 aromatic heterocycles. The standard InChI is InChI=1S/C17H11FO5/c18-12-3-1-10(2-4-12)17(21)22-9-11-7-16(20)23-15-8-13(19)5-6-14(11)15/h1-8,19H,9H2. The maximum Gasteiger partial charge on any atom is 0.338 e. The Morgan fingerprint density at radius 2 is 1.87 bits per heavy atom. The van der Waals surface area contributed by atoms with Crippen molar-refractivity contribution in [2.24, 2.45) is 0 Å². The highest BCUT2D eigenvalue weighted by Gasteiger charge is 2.11. The summed E-state index contributed by atoms with van der Waals surface area (Å²) in [5.74, 6) is -1.13. The van der Waals surface area contributed by atoms with Crippen molar-refractivity contribution in [3.8, 4) is 5.75 Å².